The SMILES string of the molecule is O=C1NCCCN(C(=O)CCCc2cc(F)c(F)cc2F)[C@H]1CC(F)(F)F. The van der Waals surface area contributed by atoms with Crippen molar-refractivity contribution in [3.05, 3.63) is 35.1 Å². The third-order valence-electron chi connectivity index (χ3n) is 4.23. The summed E-state index contributed by atoms with van der Waals surface area (Å²) < 4.78 is 77.9. The van der Waals surface area contributed by atoms with Crippen LogP contribution in [-0.2, 0) is 16.0 Å². The summed E-state index contributed by atoms with van der Waals surface area (Å²) in [5.74, 6) is -5.08. The number of nitrogens with one attached hydrogen (secondary N) is 1. The molecule has 2 rings (SSSR count). The Balaban J connectivity index is 2.02. The van der Waals surface area contributed by atoms with Gasteiger partial charge in [0.25, 0.3) is 0 Å². The van der Waals surface area contributed by atoms with Crippen LogP contribution in [0.25, 0.3) is 0 Å². The molecule has 1 aromatic carbocycles. The van der Waals surface area contributed by atoms with E-state index in [-0.39, 0.29) is 37.9 Å². The summed E-state index contributed by atoms with van der Waals surface area (Å²) in [7, 11) is 0. The number of alkyl halides is 3. The smallest absolute Gasteiger partial charge is 0.354 e. The van der Waals surface area contributed by atoms with E-state index in [9.17, 15) is 35.9 Å². The number of halogens is 6. The van der Waals surface area contributed by atoms with Gasteiger partial charge in [-0.15, -0.1) is 0 Å². The Morgan fingerprint density at radius 3 is 2.48 bits per heavy atom. The van der Waals surface area contributed by atoms with Crippen molar-refractivity contribution in [2.75, 3.05) is 13.1 Å². The fourth-order valence-corrected chi connectivity index (χ4v) is 2.93. The molecule has 0 bridgehead atoms. The summed E-state index contributed by atoms with van der Waals surface area (Å²) >= 11 is 0. The maximum atomic E-state index is 13.6. The topological polar surface area (TPSA) is 49.4 Å². The number of aryl methyl sites for hydroxylation is 1. The molecule has 1 heterocycles. The third kappa shape index (κ3) is 5.86. The minimum atomic E-state index is -4.63. The second-order valence-corrected chi connectivity index (χ2v) is 6.28. The Kier molecular flexibility index (Phi) is 6.72. The molecular formula is C17H18F6N2O2. The lowest BCUT2D eigenvalue weighted by Gasteiger charge is -2.29. The maximum absolute atomic E-state index is 13.6. The molecule has 0 spiro atoms. The molecule has 10 heteroatoms. The van der Waals surface area contributed by atoms with E-state index in [1.165, 1.54) is 0 Å². The first-order valence-electron chi connectivity index (χ1n) is 8.36. The molecule has 27 heavy (non-hydrogen) atoms. The van der Waals surface area contributed by atoms with E-state index in [0.29, 0.717) is 18.6 Å². The van der Waals surface area contributed by atoms with Crippen molar-refractivity contribution in [3.63, 3.8) is 0 Å². The van der Waals surface area contributed by atoms with Crippen molar-refractivity contribution < 1.29 is 35.9 Å². The van der Waals surface area contributed by atoms with Crippen molar-refractivity contribution in [1.82, 2.24) is 10.2 Å². The lowest BCUT2D eigenvalue weighted by Crippen LogP contribution is -2.49. The second-order valence-electron chi connectivity index (χ2n) is 6.28. The van der Waals surface area contributed by atoms with Gasteiger partial charge in [-0.2, -0.15) is 13.2 Å². The lowest BCUT2D eigenvalue weighted by atomic mass is 10.1. The molecule has 1 aliphatic rings. The second kappa shape index (κ2) is 8.62. The third-order valence-corrected chi connectivity index (χ3v) is 4.23. The molecule has 150 valence electrons. The summed E-state index contributed by atoms with van der Waals surface area (Å²) in [5, 5.41) is 2.34. The van der Waals surface area contributed by atoms with Crippen LogP contribution >= 0.6 is 0 Å². The van der Waals surface area contributed by atoms with Crippen molar-refractivity contribution in [2.45, 2.75) is 44.3 Å². The molecule has 0 saturated carbocycles. The van der Waals surface area contributed by atoms with Crippen molar-refractivity contribution in [1.29, 1.82) is 0 Å². The van der Waals surface area contributed by atoms with Crippen LogP contribution in [0.5, 0.6) is 0 Å². The molecule has 0 radical (unpaired) electrons. The number of hydrogen-bond acceptors (Lipinski definition) is 2. The van der Waals surface area contributed by atoms with Gasteiger partial charge in [0.05, 0.1) is 6.42 Å². The molecule has 2 amide bonds. The van der Waals surface area contributed by atoms with Crippen LogP contribution in [0.2, 0.25) is 0 Å². The van der Waals surface area contributed by atoms with E-state index in [1.807, 2.05) is 0 Å². The number of rotatable bonds is 5. The zero-order valence-corrected chi connectivity index (χ0v) is 14.2. The highest BCUT2D eigenvalue weighted by molar-refractivity contribution is 5.88. The monoisotopic (exact) mass is 396 g/mol. The number of amides is 2. The fourth-order valence-electron chi connectivity index (χ4n) is 2.93. The highest BCUT2D eigenvalue weighted by Crippen LogP contribution is 2.26. The molecule has 1 aromatic rings. The van der Waals surface area contributed by atoms with E-state index in [4.69, 9.17) is 0 Å². The van der Waals surface area contributed by atoms with Crippen LogP contribution in [0, 0.1) is 17.5 Å². The first-order chi connectivity index (χ1) is 12.6. The molecule has 0 unspecified atom stereocenters. The van der Waals surface area contributed by atoms with Gasteiger partial charge in [0.1, 0.15) is 11.9 Å². The Morgan fingerprint density at radius 2 is 1.81 bits per heavy atom. The predicted molar refractivity (Wildman–Crippen MR) is 83.1 cm³/mol. The molecule has 1 aliphatic heterocycles. The number of carbonyl (C=O) groups is 2. The van der Waals surface area contributed by atoms with Gasteiger partial charge in [-0.1, -0.05) is 0 Å². The molecule has 1 saturated heterocycles. The van der Waals surface area contributed by atoms with Gasteiger partial charge in [-0.25, -0.2) is 13.2 Å². The highest BCUT2D eigenvalue weighted by atomic mass is 19.4. The van der Waals surface area contributed by atoms with Gasteiger partial charge in [0.2, 0.25) is 11.8 Å². The summed E-state index contributed by atoms with van der Waals surface area (Å²) in [6.45, 7) is 0.148. The van der Waals surface area contributed by atoms with Crippen LogP contribution in [0.15, 0.2) is 12.1 Å². The lowest BCUT2D eigenvalue weighted by molar-refractivity contribution is -0.161. The van der Waals surface area contributed by atoms with Gasteiger partial charge < -0.3 is 10.2 Å². The van der Waals surface area contributed by atoms with Gasteiger partial charge in [-0.05, 0) is 30.9 Å². The van der Waals surface area contributed by atoms with Crippen LogP contribution in [-0.4, -0.2) is 42.0 Å². The van der Waals surface area contributed by atoms with Crippen LogP contribution in [0.3, 0.4) is 0 Å². The average Bonchev–Trinajstić information content (AvgIpc) is 2.73. The summed E-state index contributed by atoms with van der Waals surface area (Å²) in [5.41, 5.74) is -0.137. The molecule has 0 aromatic heterocycles. The van der Waals surface area contributed by atoms with Crippen LogP contribution < -0.4 is 5.32 Å². The zero-order chi connectivity index (χ0) is 20.2. The fraction of sp³-hybridized carbons (Fsp3) is 0.529. The van der Waals surface area contributed by atoms with Crippen molar-refractivity contribution >= 4 is 11.8 Å². The van der Waals surface area contributed by atoms with Crippen LogP contribution in [0.4, 0.5) is 26.3 Å². The average molecular weight is 396 g/mol. The quantitative estimate of drug-likeness (QED) is 0.614. The van der Waals surface area contributed by atoms with E-state index in [2.05, 4.69) is 5.32 Å². The predicted octanol–water partition coefficient (Wildman–Crippen LogP) is 3.10. The van der Waals surface area contributed by atoms with Gasteiger partial charge in [0.15, 0.2) is 11.6 Å². The largest absolute Gasteiger partial charge is 0.391 e. The Labute approximate surface area is 151 Å². The number of carbonyl (C=O) groups excluding carboxylic acids is 2. The van der Waals surface area contributed by atoms with E-state index >= 15 is 0 Å². The first-order valence-corrected chi connectivity index (χ1v) is 8.36. The Bertz CT molecular complexity index is 707. The van der Waals surface area contributed by atoms with Gasteiger partial charge in [-0.3, -0.25) is 9.59 Å². The highest BCUT2D eigenvalue weighted by Gasteiger charge is 2.40. The Hall–Kier alpha value is -2.26. The molecular weight excluding hydrogens is 378 g/mol. The summed E-state index contributed by atoms with van der Waals surface area (Å²) in [4.78, 5) is 25.1. The van der Waals surface area contributed by atoms with E-state index in [0.717, 1.165) is 4.90 Å². The van der Waals surface area contributed by atoms with Gasteiger partial charge in [0, 0.05) is 25.6 Å². The molecule has 1 fully saturated rings. The molecule has 4 nitrogen and oxygen atoms in total. The number of benzene rings is 1. The Morgan fingerprint density at radius 1 is 1.15 bits per heavy atom. The molecule has 1 atom stereocenters. The van der Waals surface area contributed by atoms with Crippen LogP contribution in [0.1, 0.15) is 31.2 Å². The summed E-state index contributed by atoms with van der Waals surface area (Å²) in [6, 6.07) is -0.577. The number of hydrogen-bond donors (Lipinski definition) is 1. The number of nitrogens with zero attached hydrogens (tertiary/aromatic N) is 1. The summed E-state index contributed by atoms with van der Waals surface area (Å²) in [6.07, 6.45) is -6.11. The maximum Gasteiger partial charge on any atom is 0.391 e. The first kappa shape index (κ1) is 21.0. The van der Waals surface area contributed by atoms with Crippen molar-refractivity contribution in [2.24, 2.45) is 0 Å². The molecule has 0 aliphatic carbocycles. The zero-order valence-electron chi connectivity index (χ0n) is 14.2. The standard InChI is InChI=1S/C17H18F6N2O2/c18-11-8-13(20)12(19)7-10(11)3-1-4-15(26)25-6-2-5-24-16(27)14(25)9-17(21,22)23/h7-8,14H,1-6,9H2,(H,24,27)/t14-/m0/s1. The minimum Gasteiger partial charge on any atom is -0.354 e. The van der Waals surface area contributed by atoms with Crippen molar-refractivity contribution in [3.8, 4) is 0 Å². The van der Waals surface area contributed by atoms with E-state index in [1.54, 1.807) is 0 Å². The molecule has 1 N–H and O–H groups in total. The van der Waals surface area contributed by atoms with E-state index < -0.39 is 47.9 Å². The normalized spacial score (nSPS) is 18.2. The minimum absolute atomic E-state index is 0.0116. The van der Waals surface area contributed by atoms with Gasteiger partial charge >= 0.3 is 6.18 Å².